The number of nitrogens with one attached hydrogen (secondary N) is 1. The van der Waals surface area contributed by atoms with Gasteiger partial charge >= 0.3 is 0 Å². The summed E-state index contributed by atoms with van der Waals surface area (Å²) >= 11 is 1.58. The molecule has 0 saturated heterocycles. The summed E-state index contributed by atoms with van der Waals surface area (Å²) in [4.78, 5) is 13.3. The minimum atomic E-state index is -0.269. The van der Waals surface area contributed by atoms with Crippen LogP contribution in [0.2, 0.25) is 0 Å². The number of hydrogen-bond acceptors (Lipinski definition) is 4. The molecule has 5 heteroatoms. The van der Waals surface area contributed by atoms with Crippen molar-refractivity contribution >= 4 is 23.4 Å². The number of amides is 1. The highest BCUT2D eigenvalue weighted by Gasteiger charge is 2.13. The summed E-state index contributed by atoms with van der Waals surface area (Å²) in [5.41, 5.74) is 1.53. The van der Waals surface area contributed by atoms with Gasteiger partial charge in [0, 0.05) is 10.6 Å². The first kappa shape index (κ1) is 14.9. The molecule has 1 amide bonds. The number of carbonyl (C=O) groups excluding carboxylic acids is 1. The van der Waals surface area contributed by atoms with Crippen LogP contribution in [0.3, 0.4) is 0 Å². The van der Waals surface area contributed by atoms with Crippen LogP contribution in [0.15, 0.2) is 47.4 Å². The maximum absolute atomic E-state index is 12.3. The molecule has 2 aromatic carbocycles. The summed E-state index contributed by atoms with van der Waals surface area (Å²) in [5.74, 6) is 0.255. The van der Waals surface area contributed by atoms with Crippen molar-refractivity contribution in [1.29, 1.82) is 5.26 Å². The van der Waals surface area contributed by atoms with E-state index in [1.165, 1.54) is 7.11 Å². The summed E-state index contributed by atoms with van der Waals surface area (Å²) in [5, 5.41) is 11.6. The molecule has 1 N–H and O–H groups in total. The Balaban J connectivity index is 2.26. The van der Waals surface area contributed by atoms with E-state index in [-0.39, 0.29) is 5.91 Å². The molecule has 4 nitrogen and oxygen atoms in total. The molecule has 0 aliphatic heterocycles. The SMILES string of the molecule is COc1cc(SC)ccc1C(=O)Nc1cccc(C#N)c1. The lowest BCUT2D eigenvalue weighted by Crippen LogP contribution is -2.13. The molecular formula is C16H14N2O2S. The van der Waals surface area contributed by atoms with Gasteiger partial charge in [-0.25, -0.2) is 0 Å². The molecule has 2 rings (SSSR count). The molecule has 0 fully saturated rings. The first-order chi connectivity index (χ1) is 10.2. The Labute approximate surface area is 127 Å². The Morgan fingerprint density at radius 1 is 1.29 bits per heavy atom. The van der Waals surface area contributed by atoms with Crippen LogP contribution in [0.4, 0.5) is 5.69 Å². The summed E-state index contributed by atoms with van der Waals surface area (Å²) in [6, 6.07) is 14.2. The molecule has 0 aromatic heterocycles. The van der Waals surface area contributed by atoms with Gasteiger partial charge in [0.05, 0.1) is 24.3 Å². The molecule has 0 atom stereocenters. The van der Waals surface area contributed by atoms with Crippen LogP contribution in [0.25, 0.3) is 0 Å². The second-order valence-electron chi connectivity index (χ2n) is 4.21. The minimum Gasteiger partial charge on any atom is -0.496 e. The average molecular weight is 298 g/mol. The van der Waals surface area contributed by atoms with Crippen molar-refractivity contribution in [3.05, 3.63) is 53.6 Å². The summed E-state index contributed by atoms with van der Waals surface area (Å²) < 4.78 is 5.27. The number of carbonyl (C=O) groups is 1. The average Bonchev–Trinajstić information content (AvgIpc) is 2.54. The Hall–Kier alpha value is -2.45. The van der Waals surface area contributed by atoms with Crippen molar-refractivity contribution in [2.45, 2.75) is 4.90 Å². The maximum Gasteiger partial charge on any atom is 0.259 e. The van der Waals surface area contributed by atoms with Gasteiger partial charge in [-0.3, -0.25) is 4.79 Å². The molecule has 2 aromatic rings. The largest absolute Gasteiger partial charge is 0.496 e. The fourth-order valence-corrected chi connectivity index (χ4v) is 2.28. The third-order valence-corrected chi connectivity index (χ3v) is 3.63. The Kier molecular flexibility index (Phi) is 4.85. The predicted molar refractivity (Wildman–Crippen MR) is 83.9 cm³/mol. The summed E-state index contributed by atoms with van der Waals surface area (Å²) in [6.07, 6.45) is 1.96. The summed E-state index contributed by atoms with van der Waals surface area (Å²) in [6.45, 7) is 0. The molecule has 21 heavy (non-hydrogen) atoms. The molecule has 106 valence electrons. The van der Waals surface area contributed by atoms with E-state index in [0.717, 1.165) is 4.90 Å². The molecule has 0 bridgehead atoms. The van der Waals surface area contributed by atoms with Crippen LogP contribution in [-0.4, -0.2) is 19.3 Å². The topological polar surface area (TPSA) is 62.1 Å². The van der Waals surface area contributed by atoms with Crippen LogP contribution in [0, 0.1) is 11.3 Å². The van der Waals surface area contributed by atoms with Gasteiger partial charge in [0.2, 0.25) is 0 Å². The van der Waals surface area contributed by atoms with Crippen molar-refractivity contribution in [1.82, 2.24) is 0 Å². The molecule has 0 spiro atoms. The van der Waals surface area contributed by atoms with Crippen molar-refractivity contribution < 1.29 is 9.53 Å². The second-order valence-corrected chi connectivity index (χ2v) is 5.09. The van der Waals surface area contributed by atoms with Crippen LogP contribution >= 0.6 is 11.8 Å². The normalized spacial score (nSPS) is 9.76. The van der Waals surface area contributed by atoms with E-state index in [1.54, 1.807) is 42.1 Å². The molecule has 0 aliphatic rings. The third kappa shape index (κ3) is 3.56. The van der Waals surface area contributed by atoms with Crippen molar-refractivity contribution in [3.8, 4) is 11.8 Å². The van der Waals surface area contributed by atoms with Gasteiger partial charge in [-0.1, -0.05) is 6.07 Å². The number of methoxy groups -OCH3 is 1. The number of rotatable bonds is 4. The van der Waals surface area contributed by atoms with Gasteiger partial charge < -0.3 is 10.1 Å². The van der Waals surface area contributed by atoms with Crippen LogP contribution in [-0.2, 0) is 0 Å². The summed E-state index contributed by atoms with van der Waals surface area (Å²) in [7, 11) is 1.53. The fourth-order valence-electron chi connectivity index (χ4n) is 1.85. The Morgan fingerprint density at radius 3 is 2.76 bits per heavy atom. The highest BCUT2D eigenvalue weighted by molar-refractivity contribution is 7.98. The predicted octanol–water partition coefficient (Wildman–Crippen LogP) is 3.54. The van der Waals surface area contributed by atoms with E-state index in [0.29, 0.717) is 22.6 Å². The zero-order valence-electron chi connectivity index (χ0n) is 11.7. The van der Waals surface area contributed by atoms with E-state index in [4.69, 9.17) is 10.00 Å². The monoisotopic (exact) mass is 298 g/mol. The smallest absolute Gasteiger partial charge is 0.259 e. The first-order valence-electron chi connectivity index (χ1n) is 6.21. The van der Waals surface area contributed by atoms with Crippen molar-refractivity contribution in [2.75, 3.05) is 18.7 Å². The molecular weight excluding hydrogens is 284 g/mol. The fraction of sp³-hybridized carbons (Fsp3) is 0.125. The first-order valence-corrected chi connectivity index (χ1v) is 7.44. The third-order valence-electron chi connectivity index (χ3n) is 2.90. The van der Waals surface area contributed by atoms with Gasteiger partial charge in [-0.15, -0.1) is 11.8 Å². The Bertz CT molecular complexity index is 708. The molecule has 0 heterocycles. The molecule has 0 radical (unpaired) electrons. The van der Waals surface area contributed by atoms with E-state index in [2.05, 4.69) is 5.32 Å². The molecule has 0 unspecified atom stereocenters. The van der Waals surface area contributed by atoms with E-state index < -0.39 is 0 Å². The second kappa shape index (κ2) is 6.82. The molecule has 0 saturated carbocycles. The zero-order chi connectivity index (χ0) is 15.2. The van der Waals surface area contributed by atoms with Gasteiger partial charge in [-0.05, 0) is 42.7 Å². The number of anilines is 1. The van der Waals surface area contributed by atoms with Gasteiger partial charge in [0.15, 0.2) is 0 Å². The quantitative estimate of drug-likeness (QED) is 0.877. The maximum atomic E-state index is 12.3. The van der Waals surface area contributed by atoms with E-state index in [1.807, 2.05) is 24.5 Å². The van der Waals surface area contributed by atoms with Gasteiger partial charge in [-0.2, -0.15) is 5.26 Å². The van der Waals surface area contributed by atoms with E-state index >= 15 is 0 Å². The number of nitrogens with zero attached hydrogens (tertiary/aromatic N) is 1. The van der Waals surface area contributed by atoms with Gasteiger partial charge in [0.25, 0.3) is 5.91 Å². The zero-order valence-corrected chi connectivity index (χ0v) is 12.5. The number of nitriles is 1. The highest BCUT2D eigenvalue weighted by atomic mass is 32.2. The number of ether oxygens (including phenoxy) is 1. The van der Waals surface area contributed by atoms with Gasteiger partial charge in [0.1, 0.15) is 5.75 Å². The lowest BCUT2D eigenvalue weighted by atomic mass is 10.1. The van der Waals surface area contributed by atoms with Crippen LogP contribution in [0.5, 0.6) is 5.75 Å². The highest BCUT2D eigenvalue weighted by Crippen LogP contribution is 2.26. The number of thioether (sulfide) groups is 1. The molecule has 0 aliphatic carbocycles. The van der Waals surface area contributed by atoms with E-state index in [9.17, 15) is 4.79 Å². The van der Waals surface area contributed by atoms with Crippen LogP contribution in [0.1, 0.15) is 15.9 Å². The number of benzene rings is 2. The van der Waals surface area contributed by atoms with Crippen LogP contribution < -0.4 is 10.1 Å². The van der Waals surface area contributed by atoms with Crippen molar-refractivity contribution in [3.63, 3.8) is 0 Å². The Morgan fingerprint density at radius 2 is 2.10 bits per heavy atom. The lowest BCUT2D eigenvalue weighted by Gasteiger charge is -2.10. The lowest BCUT2D eigenvalue weighted by molar-refractivity contribution is 0.102. The number of hydrogen-bond donors (Lipinski definition) is 1. The minimum absolute atomic E-state index is 0.269. The standard InChI is InChI=1S/C16H14N2O2S/c1-20-15-9-13(21-2)6-7-14(15)16(19)18-12-5-3-4-11(8-12)10-17/h3-9H,1-2H3,(H,18,19). The van der Waals surface area contributed by atoms with Crippen molar-refractivity contribution in [2.24, 2.45) is 0 Å².